The summed E-state index contributed by atoms with van der Waals surface area (Å²) in [6.45, 7) is 0. The molecule has 2 aromatic rings. The maximum atomic E-state index is 12.5. The van der Waals surface area contributed by atoms with Crippen molar-refractivity contribution in [3.8, 4) is 28.7 Å². The minimum atomic E-state index is -5.17. The van der Waals surface area contributed by atoms with E-state index in [1.165, 1.54) is 33.5 Å². The van der Waals surface area contributed by atoms with Crippen LogP contribution in [0.25, 0.3) is 0 Å². The number of ether oxygens (including phenoxy) is 4. The number of phosphoric ester groups is 1. The van der Waals surface area contributed by atoms with E-state index in [1.807, 2.05) is 0 Å². The van der Waals surface area contributed by atoms with Crippen molar-refractivity contribution in [2.45, 2.75) is 6.36 Å². The molecule has 0 aliphatic carbocycles. The largest absolute Gasteiger partial charge is 0.573 e. The van der Waals surface area contributed by atoms with E-state index in [0.29, 0.717) is 5.75 Å². The summed E-state index contributed by atoms with van der Waals surface area (Å²) < 4.78 is 72.0. The summed E-state index contributed by atoms with van der Waals surface area (Å²) in [6.07, 6.45) is -5.10. The van der Waals surface area contributed by atoms with Gasteiger partial charge < -0.3 is 23.5 Å². The van der Waals surface area contributed by atoms with Crippen LogP contribution < -0.4 is 23.5 Å². The van der Waals surface area contributed by atoms with E-state index < -0.39 is 25.7 Å². The highest BCUT2D eigenvalue weighted by Crippen LogP contribution is 2.45. The summed E-state index contributed by atoms with van der Waals surface area (Å²) >= 11 is 0. The normalized spacial score (nSPS) is 12.0. The fraction of sp³-hybridized carbons (Fsp3) is 0.250. The molecule has 0 radical (unpaired) electrons. The smallest absolute Gasteiger partial charge is 0.493 e. The molecule has 0 saturated carbocycles. The molecular weight excluding hydrogens is 436 g/mol. The highest BCUT2D eigenvalue weighted by molar-refractivity contribution is 7.46. The third-order valence-corrected chi connectivity index (χ3v) is 3.74. The number of methoxy groups -OCH3 is 3. The average molecular weight is 452 g/mol. The van der Waals surface area contributed by atoms with Gasteiger partial charge in [0.1, 0.15) is 0 Å². The molecule has 0 heterocycles. The van der Waals surface area contributed by atoms with E-state index in [0.717, 1.165) is 18.2 Å². The quantitative estimate of drug-likeness (QED) is 0.443. The maximum Gasteiger partial charge on any atom is 0.573 e. The average Bonchev–Trinajstić information content (AvgIpc) is 2.64. The summed E-state index contributed by atoms with van der Waals surface area (Å²) in [4.78, 5) is 17.8. The Morgan fingerprint density at radius 3 is 1.83 bits per heavy atom. The molecular formula is C16H16F3N2O8P. The summed E-state index contributed by atoms with van der Waals surface area (Å²) in [5, 5.41) is 7.72. The van der Waals surface area contributed by atoms with Gasteiger partial charge in [-0.1, -0.05) is 0 Å². The molecule has 14 heteroatoms. The lowest BCUT2D eigenvalue weighted by molar-refractivity contribution is -0.275. The highest BCUT2D eigenvalue weighted by Gasteiger charge is 2.33. The Morgan fingerprint density at radius 2 is 1.37 bits per heavy atom. The number of benzene rings is 2. The second-order valence-electron chi connectivity index (χ2n) is 5.34. The second kappa shape index (κ2) is 9.20. The van der Waals surface area contributed by atoms with Gasteiger partial charge in [0.25, 0.3) is 0 Å². The Morgan fingerprint density at radius 1 is 0.833 bits per heavy atom. The minimum absolute atomic E-state index is 0.0817. The summed E-state index contributed by atoms with van der Waals surface area (Å²) in [7, 11) is -0.978. The Hall–Kier alpha value is -3.02. The summed E-state index contributed by atoms with van der Waals surface area (Å²) in [5.41, 5.74) is 0.152. The maximum absolute atomic E-state index is 12.5. The molecule has 164 valence electrons. The lowest BCUT2D eigenvalue weighted by Crippen LogP contribution is -2.17. The van der Waals surface area contributed by atoms with E-state index in [9.17, 15) is 17.7 Å². The first-order valence-electron chi connectivity index (χ1n) is 7.82. The van der Waals surface area contributed by atoms with Crippen LogP contribution in [0.15, 0.2) is 40.6 Å². The lowest BCUT2D eigenvalue weighted by atomic mass is 10.2. The van der Waals surface area contributed by atoms with Crippen LogP contribution in [0.5, 0.6) is 28.7 Å². The van der Waals surface area contributed by atoms with Crippen LogP contribution >= 0.6 is 7.82 Å². The number of hydrogen-bond acceptors (Lipinski definition) is 8. The molecule has 0 aliphatic rings. The fourth-order valence-corrected chi connectivity index (χ4v) is 2.61. The monoisotopic (exact) mass is 452 g/mol. The number of nitrogens with zero attached hydrogens (tertiary/aromatic N) is 2. The predicted molar refractivity (Wildman–Crippen MR) is 96.1 cm³/mol. The fourth-order valence-electron chi connectivity index (χ4n) is 2.21. The topological polar surface area (TPSA) is 128 Å². The van der Waals surface area contributed by atoms with Gasteiger partial charge in [-0.05, 0) is 12.1 Å². The van der Waals surface area contributed by atoms with Gasteiger partial charge in [-0.3, -0.25) is 9.79 Å². The third-order valence-electron chi connectivity index (χ3n) is 3.30. The van der Waals surface area contributed by atoms with Crippen molar-refractivity contribution in [2.75, 3.05) is 21.3 Å². The standard InChI is InChI=1S/C16H16F3N2O8P/c1-25-13-7-10(8-14(26-2)15(13)27-3)21-20-9-4-5-11(28-16(17,18)19)12(6-9)29-30(22,23)24/h4-8H,1-3H3,(H2,22,23,24). The van der Waals surface area contributed by atoms with Gasteiger partial charge in [0.15, 0.2) is 23.0 Å². The summed E-state index contributed by atoms with van der Waals surface area (Å²) in [5.74, 6) is -0.958. The van der Waals surface area contributed by atoms with Crippen LogP contribution in [0.1, 0.15) is 0 Å². The van der Waals surface area contributed by atoms with Gasteiger partial charge in [-0.2, -0.15) is 10.2 Å². The first kappa shape index (κ1) is 23.3. The Balaban J connectivity index is 2.41. The zero-order chi connectivity index (χ0) is 22.5. The lowest BCUT2D eigenvalue weighted by Gasteiger charge is -2.14. The van der Waals surface area contributed by atoms with Gasteiger partial charge in [0.2, 0.25) is 5.75 Å². The molecule has 0 bridgehead atoms. The van der Waals surface area contributed by atoms with Crippen LogP contribution in [-0.2, 0) is 4.57 Å². The minimum Gasteiger partial charge on any atom is -0.493 e. The number of halogens is 3. The molecule has 2 aromatic carbocycles. The number of phosphoric acid groups is 1. The van der Waals surface area contributed by atoms with Crippen molar-refractivity contribution in [3.63, 3.8) is 0 Å². The molecule has 0 aromatic heterocycles. The van der Waals surface area contributed by atoms with E-state index in [2.05, 4.69) is 19.5 Å². The Bertz CT molecular complexity index is 952. The SMILES string of the molecule is COc1cc(N=Nc2ccc(OC(F)(F)F)c(OP(=O)(O)O)c2)cc(OC)c1OC. The second-order valence-corrected chi connectivity index (χ2v) is 6.51. The van der Waals surface area contributed by atoms with E-state index in [1.54, 1.807) is 0 Å². The van der Waals surface area contributed by atoms with Crippen molar-refractivity contribution in [1.82, 2.24) is 0 Å². The zero-order valence-corrected chi connectivity index (χ0v) is 16.6. The van der Waals surface area contributed by atoms with Gasteiger partial charge in [-0.15, -0.1) is 13.2 Å². The molecule has 0 saturated heterocycles. The van der Waals surface area contributed by atoms with Crippen LogP contribution in [0.2, 0.25) is 0 Å². The van der Waals surface area contributed by atoms with Gasteiger partial charge in [0, 0.05) is 18.2 Å². The molecule has 2 rings (SSSR count). The Kier molecular flexibility index (Phi) is 7.13. The third kappa shape index (κ3) is 6.51. The van der Waals surface area contributed by atoms with E-state index >= 15 is 0 Å². The molecule has 0 aliphatic heterocycles. The molecule has 0 atom stereocenters. The van der Waals surface area contributed by atoms with Crippen LogP contribution in [0.3, 0.4) is 0 Å². The van der Waals surface area contributed by atoms with E-state index in [-0.39, 0.29) is 22.9 Å². The molecule has 30 heavy (non-hydrogen) atoms. The van der Waals surface area contributed by atoms with Crippen molar-refractivity contribution in [1.29, 1.82) is 0 Å². The molecule has 10 nitrogen and oxygen atoms in total. The number of rotatable bonds is 8. The first-order chi connectivity index (χ1) is 14.0. The first-order valence-corrected chi connectivity index (χ1v) is 9.35. The van der Waals surface area contributed by atoms with E-state index in [4.69, 9.17) is 24.0 Å². The number of azo groups is 1. The van der Waals surface area contributed by atoms with Gasteiger partial charge >= 0.3 is 14.2 Å². The molecule has 0 fully saturated rings. The number of alkyl halides is 3. The highest BCUT2D eigenvalue weighted by atomic mass is 31.2. The van der Waals surface area contributed by atoms with Gasteiger partial charge in [0.05, 0.1) is 32.7 Å². The predicted octanol–water partition coefficient (Wildman–Crippen LogP) is 4.50. The van der Waals surface area contributed by atoms with Crippen molar-refractivity contribution < 1.29 is 51.0 Å². The Labute approximate surface area is 168 Å². The van der Waals surface area contributed by atoms with Crippen LogP contribution in [-0.4, -0.2) is 37.5 Å². The molecule has 0 amide bonds. The van der Waals surface area contributed by atoms with Crippen molar-refractivity contribution >= 4 is 19.2 Å². The summed E-state index contributed by atoms with van der Waals surface area (Å²) in [6, 6.07) is 5.59. The molecule has 0 unspecified atom stereocenters. The zero-order valence-electron chi connectivity index (χ0n) is 15.7. The molecule has 0 spiro atoms. The van der Waals surface area contributed by atoms with Crippen molar-refractivity contribution in [3.05, 3.63) is 30.3 Å². The van der Waals surface area contributed by atoms with Crippen LogP contribution in [0.4, 0.5) is 24.5 Å². The van der Waals surface area contributed by atoms with Crippen LogP contribution in [0, 0.1) is 0 Å². The number of hydrogen-bond donors (Lipinski definition) is 2. The molecule has 2 N–H and O–H groups in total. The van der Waals surface area contributed by atoms with Gasteiger partial charge in [-0.25, -0.2) is 4.57 Å². The van der Waals surface area contributed by atoms with Crippen molar-refractivity contribution in [2.24, 2.45) is 10.2 Å².